The van der Waals surface area contributed by atoms with Crippen molar-refractivity contribution in [3.63, 3.8) is 0 Å². The first kappa shape index (κ1) is 16.8. The maximum Gasteiger partial charge on any atom is 0.295 e. The van der Waals surface area contributed by atoms with E-state index in [1.165, 1.54) is 16.8 Å². The number of hydrogen-bond donors (Lipinski definition) is 0. The number of rotatable bonds is 2. The molecule has 2 aromatic carbocycles. The smallest absolute Gasteiger partial charge is 0.295 e. The van der Waals surface area contributed by atoms with E-state index in [2.05, 4.69) is 20.1 Å². The van der Waals surface area contributed by atoms with Gasteiger partial charge in [0.25, 0.3) is 17.9 Å². The number of para-hydroxylation sites is 1. The molecule has 8 nitrogen and oxygen atoms in total. The zero-order valence-corrected chi connectivity index (χ0v) is 15.0. The van der Waals surface area contributed by atoms with E-state index in [1.807, 2.05) is 12.1 Å². The maximum atomic E-state index is 14.4. The van der Waals surface area contributed by atoms with Crippen molar-refractivity contribution in [2.45, 2.75) is 0 Å². The van der Waals surface area contributed by atoms with Crippen molar-refractivity contribution in [2.24, 2.45) is 4.99 Å². The standard InChI is InChI=1S/C19H10F3N7O/c20-10-5-6-11(13(21)7-10)17-25-19(26-30-17)27-9-24-16-12-3-1-2-4-14(12)28-15(29(16)27)8-23-18(28)22/h1-8H,9H2. The van der Waals surface area contributed by atoms with E-state index in [0.717, 1.165) is 12.1 Å². The molecule has 11 heteroatoms. The lowest BCUT2D eigenvalue weighted by atomic mass is 10.1. The third-order valence-electron chi connectivity index (χ3n) is 4.91. The molecule has 0 N–H and O–H groups in total. The van der Waals surface area contributed by atoms with E-state index >= 15 is 0 Å². The second-order valence-electron chi connectivity index (χ2n) is 6.60. The Kier molecular flexibility index (Phi) is 3.31. The average molecular weight is 409 g/mol. The molecule has 0 radical (unpaired) electrons. The number of nitrogens with zero attached hydrogens (tertiary/aromatic N) is 7. The van der Waals surface area contributed by atoms with E-state index in [0.29, 0.717) is 22.9 Å². The Morgan fingerprint density at radius 1 is 1.00 bits per heavy atom. The molecule has 0 unspecified atom stereocenters. The van der Waals surface area contributed by atoms with Crippen LogP contribution in [0.3, 0.4) is 0 Å². The Bertz CT molecular complexity index is 1350. The highest BCUT2D eigenvalue weighted by Gasteiger charge is 2.39. The van der Waals surface area contributed by atoms with E-state index in [4.69, 9.17) is 4.52 Å². The minimum atomic E-state index is -0.824. The third kappa shape index (κ3) is 2.22. The summed E-state index contributed by atoms with van der Waals surface area (Å²) in [5.74, 6) is -0.599. The summed E-state index contributed by atoms with van der Waals surface area (Å²) in [5.41, 5.74) is 1.29. The highest BCUT2D eigenvalue weighted by atomic mass is 19.1. The van der Waals surface area contributed by atoms with Crippen molar-refractivity contribution in [1.82, 2.24) is 19.7 Å². The molecule has 2 aromatic heterocycles. The van der Waals surface area contributed by atoms with E-state index in [9.17, 15) is 13.2 Å². The number of hydrazine groups is 1. The average Bonchev–Trinajstić information content (AvgIpc) is 3.46. The van der Waals surface area contributed by atoms with Crippen LogP contribution in [0.2, 0.25) is 0 Å². The summed E-state index contributed by atoms with van der Waals surface area (Å²) in [7, 11) is 0. The Labute approximate surface area is 166 Å². The van der Waals surface area contributed by atoms with Gasteiger partial charge in [0.1, 0.15) is 18.3 Å². The van der Waals surface area contributed by atoms with Crippen LogP contribution in [-0.2, 0) is 0 Å². The fourth-order valence-electron chi connectivity index (χ4n) is 3.61. The van der Waals surface area contributed by atoms with Gasteiger partial charge in [-0.05, 0) is 29.4 Å². The number of aliphatic imine (C=N–C) groups is 1. The van der Waals surface area contributed by atoms with Crippen molar-refractivity contribution in [3.05, 3.63) is 71.9 Å². The molecule has 6 rings (SSSR count). The first-order chi connectivity index (χ1) is 14.6. The zero-order valence-electron chi connectivity index (χ0n) is 15.0. The molecule has 4 heterocycles. The lowest BCUT2D eigenvalue weighted by Gasteiger charge is -2.33. The second kappa shape index (κ2) is 5.92. The number of halogens is 3. The summed E-state index contributed by atoms with van der Waals surface area (Å²) in [5, 5.41) is 7.07. The molecule has 148 valence electrons. The van der Waals surface area contributed by atoms with Crippen LogP contribution in [0, 0.1) is 17.7 Å². The Morgan fingerprint density at radius 3 is 2.73 bits per heavy atom. The minimum Gasteiger partial charge on any atom is -0.332 e. The predicted molar refractivity (Wildman–Crippen MR) is 99.5 cm³/mol. The number of amidine groups is 1. The summed E-state index contributed by atoms with van der Waals surface area (Å²) in [6.07, 6.45) is 0.699. The quantitative estimate of drug-likeness (QED) is 0.506. The number of hydrogen-bond acceptors (Lipinski definition) is 7. The van der Waals surface area contributed by atoms with Crippen molar-refractivity contribution in [1.29, 1.82) is 0 Å². The van der Waals surface area contributed by atoms with Gasteiger partial charge in [0.05, 0.1) is 17.4 Å². The Hall–Kier alpha value is -4.15. The lowest BCUT2D eigenvalue weighted by Crippen LogP contribution is -2.46. The molecule has 0 bridgehead atoms. The first-order valence-corrected chi connectivity index (χ1v) is 8.86. The van der Waals surface area contributed by atoms with Gasteiger partial charge >= 0.3 is 0 Å². The van der Waals surface area contributed by atoms with Crippen LogP contribution in [0.5, 0.6) is 0 Å². The molecule has 0 fully saturated rings. The number of aromatic nitrogens is 4. The Balaban J connectivity index is 1.44. The largest absolute Gasteiger partial charge is 0.332 e. The van der Waals surface area contributed by atoms with Gasteiger partial charge in [-0.25, -0.2) is 28.8 Å². The summed E-state index contributed by atoms with van der Waals surface area (Å²) >= 11 is 0. The van der Waals surface area contributed by atoms with Gasteiger partial charge in [0.2, 0.25) is 0 Å². The molecule has 0 atom stereocenters. The third-order valence-corrected chi connectivity index (χ3v) is 4.91. The van der Waals surface area contributed by atoms with Crippen molar-refractivity contribution >= 4 is 17.6 Å². The fourth-order valence-corrected chi connectivity index (χ4v) is 3.61. The first-order valence-electron chi connectivity index (χ1n) is 8.86. The zero-order chi connectivity index (χ0) is 20.4. The molecule has 4 aromatic rings. The molecular formula is C19H10F3N7O. The van der Waals surface area contributed by atoms with Crippen LogP contribution in [0.25, 0.3) is 17.1 Å². The Morgan fingerprint density at radius 2 is 1.87 bits per heavy atom. The molecule has 30 heavy (non-hydrogen) atoms. The summed E-state index contributed by atoms with van der Waals surface area (Å²) in [6, 6.07) is 10.3. The number of imidazole rings is 1. The maximum absolute atomic E-state index is 14.4. The van der Waals surface area contributed by atoms with Crippen molar-refractivity contribution < 1.29 is 17.7 Å². The van der Waals surface area contributed by atoms with Crippen LogP contribution in [-0.4, -0.2) is 32.2 Å². The molecule has 0 spiro atoms. The second-order valence-corrected chi connectivity index (χ2v) is 6.60. The molecule has 2 aliphatic rings. The summed E-state index contributed by atoms with van der Waals surface area (Å²) in [4.78, 5) is 12.5. The van der Waals surface area contributed by atoms with Gasteiger partial charge in [0.15, 0.2) is 11.7 Å². The van der Waals surface area contributed by atoms with Crippen molar-refractivity contribution in [3.8, 4) is 17.1 Å². The highest BCUT2D eigenvalue weighted by Crippen LogP contribution is 2.37. The number of anilines is 2. The molecule has 0 saturated heterocycles. The summed E-state index contributed by atoms with van der Waals surface area (Å²) < 4.78 is 48.3. The van der Waals surface area contributed by atoms with Crippen LogP contribution in [0.1, 0.15) is 5.56 Å². The summed E-state index contributed by atoms with van der Waals surface area (Å²) in [6.45, 7) is 0.126. The topological polar surface area (TPSA) is 75.6 Å². The predicted octanol–water partition coefficient (Wildman–Crippen LogP) is 3.30. The van der Waals surface area contributed by atoms with Gasteiger partial charge in [0, 0.05) is 11.6 Å². The van der Waals surface area contributed by atoms with E-state index < -0.39 is 17.7 Å². The van der Waals surface area contributed by atoms with Crippen LogP contribution >= 0.6 is 0 Å². The van der Waals surface area contributed by atoms with E-state index in [-0.39, 0.29) is 24.1 Å². The molecule has 0 saturated carbocycles. The lowest BCUT2D eigenvalue weighted by molar-refractivity contribution is 0.427. The van der Waals surface area contributed by atoms with Gasteiger partial charge in [-0.3, -0.25) is 4.57 Å². The van der Waals surface area contributed by atoms with Gasteiger partial charge < -0.3 is 4.52 Å². The van der Waals surface area contributed by atoms with Crippen LogP contribution < -0.4 is 10.0 Å². The van der Waals surface area contributed by atoms with Crippen LogP contribution in [0.4, 0.5) is 24.9 Å². The van der Waals surface area contributed by atoms with Crippen molar-refractivity contribution in [2.75, 3.05) is 16.7 Å². The SMILES string of the molecule is Fc1ccc(-c2nc(N3CN=C4c5ccccc5-n5c(cnc5F)N43)no2)c(F)c1. The highest BCUT2D eigenvalue weighted by molar-refractivity contribution is 6.16. The van der Waals surface area contributed by atoms with Gasteiger partial charge in [-0.2, -0.15) is 9.37 Å². The fraction of sp³-hybridized carbons (Fsp3) is 0.0526. The van der Waals surface area contributed by atoms with Crippen LogP contribution in [0.15, 0.2) is 58.2 Å². The van der Waals surface area contributed by atoms with E-state index in [1.54, 1.807) is 22.2 Å². The van der Waals surface area contributed by atoms with Gasteiger partial charge in [-0.15, -0.1) is 0 Å². The number of benzene rings is 2. The molecule has 0 amide bonds. The normalized spacial score (nSPS) is 14.4. The minimum absolute atomic E-state index is 0.0319. The molecule has 2 aliphatic heterocycles. The van der Waals surface area contributed by atoms with Gasteiger partial charge in [-0.1, -0.05) is 12.1 Å². The molecular weight excluding hydrogens is 399 g/mol. The monoisotopic (exact) mass is 409 g/mol. The molecule has 0 aliphatic carbocycles. The number of fused-ring (bicyclic) bond motifs is 6.